The van der Waals surface area contributed by atoms with Crippen LogP contribution in [0.5, 0.6) is 0 Å². The van der Waals surface area contributed by atoms with Gasteiger partial charge in [-0.05, 0) is 17.9 Å². The Morgan fingerprint density at radius 2 is 1.94 bits per heavy atom. The van der Waals surface area contributed by atoms with Gasteiger partial charge < -0.3 is 0 Å². The number of rotatable bonds is 4. The summed E-state index contributed by atoms with van der Waals surface area (Å²) >= 11 is 0. The Morgan fingerprint density at radius 1 is 1.29 bits per heavy atom. The summed E-state index contributed by atoms with van der Waals surface area (Å²) in [6.07, 6.45) is 1.76. The van der Waals surface area contributed by atoms with Gasteiger partial charge in [0.2, 0.25) is 15.9 Å². The Bertz CT molecular complexity index is 513. The first-order chi connectivity index (χ1) is 7.97. The van der Waals surface area contributed by atoms with Crippen LogP contribution in [0.4, 0.5) is 0 Å². The Labute approximate surface area is 100 Å². The van der Waals surface area contributed by atoms with Crippen molar-refractivity contribution in [3.8, 4) is 0 Å². The maximum Gasteiger partial charge on any atom is 0.238 e. The molecule has 0 spiro atoms. The zero-order chi connectivity index (χ0) is 12.5. The lowest BCUT2D eigenvalue weighted by atomic mass is 10.1. The van der Waals surface area contributed by atoms with Gasteiger partial charge >= 0.3 is 0 Å². The summed E-state index contributed by atoms with van der Waals surface area (Å²) in [4.78, 5) is 13.6. The molecule has 0 heterocycles. The number of amides is 1. The lowest BCUT2D eigenvalue weighted by molar-refractivity contribution is -0.122. The molecule has 0 aliphatic heterocycles. The highest BCUT2D eigenvalue weighted by Gasteiger charge is 2.43. The number of carbonyl (C=O) groups excluding carboxylic acids is 1. The topological polar surface area (TPSA) is 75.3 Å². The molecule has 1 saturated carbocycles. The number of nitrogens with one attached hydrogen (secondary N) is 2. The van der Waals surface area contributed by atoms with Gasteiger partial charge in [-0.2, -0.15) is 0 Å². The molecule has 0 bridgehead atoms. The molecular formula is C11H14N2O3S. The number of hydrogen-bond donors (Lipinski definition) is 2. The monoisotopic (exact) mass is 254 g/mol. The van der Waals surface area contributed by atoms with Crippen molar-refractivity contribution in [2.45, 2.75) is 12.3 Å². The van der Waals surface area contributed by atoms with Crippen molar-refractivity contribution in [3.05, 3.63) is 35.9 Å². The quantitative estimate of drug-likeness (QED) is 0.762. The highest BCUT2D eigenvalue weighted by atomic mass is 32.2. The van der Waals surface area contributed by atoms with E-state index in [2.05, 4.69) is 5.43 Å². The predicted molar refractivity (Wildman–Crippen MR) is 63.4 cm³/mol. The van der Waals surface area contributed by atoms with Gasteiger partial charge in [0.25, 0.3) is 0 Å². The minimum absolute atomic E-state index is 0.133. The molecular weight excluding hydrogens is 240 g/mol. The average molecular weight is 254 g/mol. The molecule has 1 fully saturated rings. The SMILES string of the molecule is CS(=O)(=O)NNC(=O)[C@@H]1C[C@H]1c1ccccc1. The van der Waals surface area contributed by atoms with E-state index < -0.39 is 10.0 Å². The van der Waals surface area contributed by atoms with Gasteiger partial charge in [0.1, 0.15) is 0 Å². The second-order valence-corrected chi connectivity index (χ2v) is 5.97. The summed E-state index contributed by atoms with van der Waals surface area (Å²) in [5.41, 5.74) is 3.32. The van der Waals surface area contributed by atoms with Crippen LogP contribution in [0, 0.1) is 5.92 Å². The molecule has 1 aromatic rings. The van der Waals surface area contributed by atoms with E-state index in [0.717, 1.165) is 18.2 Å². The minimum atomic E-state index is -3.39. The Morgan fingerprint density at radius 3 is 2.53 bits per heavy atom. The van der Waals surface area contributed by atoms with E-state index in [-0.39, 0.29) is 17.7 Å². The average Bonchev–Trinajstić information content (AvgIpc) is 3.06. The van der Waals surface area contributed by atoms with Crippen molar-refractivity contribution in [1.29, 1.82) is 0 Å². The molecule has 1 aliphatic rings. The third-order valence-electron chi connectivity index (χ3n) is 2.71. The predicted octanol–water partition coefficient (Wildman–Crippen LogP) is 0.370. The molecule has 17 heavy (non-hydrogen) atoms. The van der Waals surface area contributed by atoms with E-state index in [1.54, 1.807) is 0 Å². The summed E-state index contributed by atoms with van der Waals surface area (Å²) < 4.78 is 21.6. The molecule has 1 amide bonds. The summed E-state index contributed by atoms with van der Waals surface area (Å²) in [6.45, 7) is 0. The summed E-state index contributed by atoms with van der Waals surface area (Å²) in [6, 6.07) is 9.73. The molecule has 1 aliphatic carbocycles. The number of hydrogen-bond acceptors (Lipinski definition) is 3. The standard InChI is InChI=1S/C11H14N2O3S/c1-17(15,16)13-12-11(14)10-7-9(10)8-5-3-2-4-6-8/h2-6,9-10,13H,7H2,1H3,(H,12,14)/t9-,10+/m0/s1. The fourth-order valence-electron chi connectivity index (χ4n) is 1.79. The molecule has 0 saturated heterocycles. The molecule has 6 heteroatoms. The van der Waals surface area contributed by atoms with E-state index in [1.165, 1.54) is 0 Å². The Kier molecular flexibility index (Phi) is 3.17. The summed E-state index contributed by atoms with van der Waals surface area (Å²) in [5, 5.41) is 0. The highest BCUT2D eigenvalue weighted by molar-refractivity contribution is 7.88. The van der Waals surface area contributed by atoms with Crippen LogP contribution in [0.2, 0.25) is 0 Å². The maximum atomic E-state index is 11.6. The zero-order valence-corrected chi connectivity index (χ0v) is 10.2. The first-order valence-electron chi connectivity index (χ1n) is 5.29. The summed E-state index contributed by atoms with van der Waals surface area (Å²) in [5.74, 6) is -0.200. The van der Waals surface area contributed by atoms with Gasteiger partial charge in [-0.15, -0.1) is 4.83 Å². The van der Waals surface area contributed by atoms with Crippen LogP contribution in [0.25, 0.3) is 0 Å². The van der Waals surface area contributed by atoms with E-state index in [9.17, 15) is 13.2 Å². The first kappa shape index (κ1) is 12.1. The first-order valence-corrected chi connectivity index (χ1v) is 7.18. The van der Waals surface area contributed by atoms with E-state index in [1.807, 2.05) is 35.2 Å². The fraction of sp³-hybridized carbons (Fsp3) is 0.364. The third kappa shape index (κ3) is 3.28. The smallest absolute Gasteiger partial charge is 0.238 e. The van der Waals surface area contributed by atoms with Crippen LogP contribution >= 0.6 is 0 Å². The van der Waals surface area contributed by atoms with Gasteiger partial charge in [-0.3, -0.25) is 10.2 Å². The lowest BCUT2D eigenvalue weighted by Crippen LogP contribution is -2.41. The molecule has 2 rings (SSSR count). The summed E-state index contributed by atoms with van der Waals surface area (Å²) in [7, 11) is -3.39. The third-order valence-corrected chi connectivity index (χ3v) is 3.19. The van der Waals surface area contributed by atoms with Crippen LogP contribution in [-0.2, 0) is 14.8 Å². The van der Waals surface area contributed by atoms with Crippen molar-refractivity contribution in [3.63, 3.8) is 0 Å². The number of benzene rings is 1. The van der Waals surface area contributed by atoms with Crippen molar-refractivity contribution in [2.75, 3.05) is 6.26 Å². The van der Waals surface area contributed by atoms with Gasteiger partial charge in [0.05, 0.1) is 6.26 Å². The van der Waals surface area contributed by atoms with E-state index in [0.29, 0.717) is 0 Å². The molecule has 0 aromatic heterocycles. The van der Waals surface area contributed by atoms with Gasteiger partial charge in [-0.1, -0.05) is 30.3 Å². The maximum absolute atomic E-state index is 11.6. The van der Waals surface area contributed by atoms with Crippen molar-refractivity contribution < 1.29 is 13.2 Å². The minimum Gasteiger partial charge on any atom is -0.278 e. The highest BCUT2D eigenvalue weighted by Crippen LogP contribution is 2.47. The van der Waals surface area contributed by atoms with Gasteiger partial charge in [0, 0.05) is 5.92 Å². The van der Waals surface area contributed by atoms with Crippen molar-refractivity contribution in [2.24, 2.45) is 5.92 Å². The normalized spacial score (nSPS) is 23.1. The molecule has 5 nitrogen and oxygen atoms in total. The zero-order valence-electron chi connectivity index (χ0n) is 9.38. The second kappa shape index (κ2) is 4.46. The lowest BCUT2D eigenvalue weighted by Gasteiger charge is -2.04. The van der Waals surface area contributed by atoms with E-state index >= 15 is 0 Å². The number of carbonyl (C=O) groups is 1. The van der Waals surface area contributed by atoms with Crippen LogP contribution < -0.4 is 10.3 Å². The van der Waals surface area contributed by atoms with Crippen LogP contribution in [0.15, 0.2) is 30.3 Å². The van der Waals surface area contributed by atoms with Crippen molar-refractivity contribution in [1.82, 2.24) is 10.3 Å². The van der Waals surface area contributed by atoms with Gasteiger partial charge in [0.15, 0.2) is 0 Å². The Balaban J connectivity index is 1.89. The largest absolute Gasteiger partial charge is 0.278 e. The van der Waals surface area contributed by atoms with Crippen molar-refractivity contribution >= 4 is 15.9 Å². The molecule has 2 N–H and O–H groups in total. The fourth-order valence-corrected chi connectivity index (χ4v) is 2.08. The molecule has 92 valence electrons. The van der Waals surface area contributed by atoms with E-state index in [4.69, 9.17) is 0 Å². The molecule has 0 unspecified atom stereocenters. The number of hydrazine groups is 1. The molecule has 0 radical (unpaired) electrons. The molecule has 2 atom stereocenters. The van der Waals surface area contributed by atoms with Crippen LogP contribution in [0.3, 0.4) is 0 Å². The number of sulfonamides is 1. The van der Waals surface area contributed by atoms with Gasteiger partial charge in [-0.25, -0.2) is 8.42 Å². The van der Waals surface area contributed by atoms with Crippen LogP contribution in [-0.4, -0.2) is 20.6 Å². The Hall–Kier alpha value is -1.40. The van der Waals surface area contributed by atoms with Crippen LogP contribution in [0.1, 0.15) is 17.9 Å². The molecule has 1 aromatic carbocycles. The second-order valence-electron chi connectivity index (χ2n) is 4.22.